The molecular formula is C14H29NaO5S. The van der Waals surface area contributed by atoms with E-state index >= 15 is 0 Å². The molecule has 7 heteroatoms. The topological polar surface area (TPSA) is 80.7 Å². The van der Waals surface area contributed by atoms with E-state index in [-0.39, 0.29) is 42.6 Å². The molecule has 0 aliphatic carbocycles. The number of ether oxygens (including phenoxy) is 1. The van der Waals surface area contributed by atoms with E-state index in [4.69, 9.17) is 9.29 Å². The summed E-state index contributed by atoms with van der Waals surface area (Å²) in [5, 5.41) is -1.45. The van der Waals surface area contributed by atoms with Gasteiger partial charge in [0.25, 0.3) is 10.1 Å². The molecular weight excluding hydrogens is 303 g/mol. The van der Waals surface area contributed by atoms with Crippen LogP contribution in [-0.4, -0.2) is 60.4 Å². The zero-order chi connectivity index (χ0) is 15.4. The molecule has 0 bridgehead atoms. The zero-order valence-electron chi connectivity index (χ0n) is 12.6. The van der Waals surface area contributed by atoms with Gasteiger partial charge in [-0.15, -0.1) is 0 Å². The number of hydrogen-bond acceptors (Lipinski definition) is 4. The third-order valence-electron chi connectivity index (χ3n) is 3.24. The van der Waals surface area contributed by atoms with Gasteiger partial charge in [0.15, 0.2) is 5.25 Å². The zero-order valence-corrected chi connectivity index (χ0v) is 13.5. The number of esters is 1. The van der Waals surface area contributed by atoms with Crippen molar-refractivity contribution in [2.45, 2.75) is 76.9 Å². The maximum atomic E-state index is 11.5. The van der Waals surface area contributed by atoms with Gasteiger partial charge < -0.3 is 4.74 Å². The average Bonchev–Trinajstić information content (AvgIpc) is 2.36. The van der Waals surface area contributed by atoms with Crippen molar-refractivity contribution in [3.8, 4) is 0 Å². The van der Waals surface area contributed by atoms with Gasteiger partial charge in [-0.1, -0.05) is 58.8 Å². The van der Waals surface area contributed by atoms with E-state index < -0.39 is 21.3 Å². The quantitative estimate of drug-likeness (QED) is 0.257. The van der Waals surface area contributed by atoms with Gasteiger partial charge in [-0.25, -0.2) is 0 Å². The van der Waals surface area contributed by atoms with E-state index in [2.05, 4.69) is 6.92 Å². The first-order chi connectivity index (χ1) is 9.43. The van der Waals surface area contributed by atoms with Crippen molar-refractivity contribution in [3.05, 3.63) is 0 Å². The SMILES string of the molecule is CCCCCCCCCCOC(=O)C(CC)S(=O)(=O)O.[NaH]. The number of rotatable bonds is 12. The van der Waals surface area contributed by atoms with Crippen LogP contribution in [-0.2, 0) is 19.6 Å². The molecule has 21 heavy (non-hydrogen) atoms. The Hall–Kier alpha value is 0.380. The summed E-state index contributed by atoms with van der Waals surface area (Å²) >= 11 is 0. The third-order valence-corrected chi connectivity index (χ3v) is 4.48. The van der Waals surface area contributed by atoms with Crippen LogP contribution in [0.3, 0.4) is 0 Å². The summed E-state index contributed by atoms with van der Waals surface area (Å²) in [7, 11) is -4.35. The van der Waals surface area contributed by atoms with Crippen molar-refractivity contribution in [1.29, 1.82) is 0 Å². The fraction of sp³-hybridized carbons (Fsp3) is 0.929. The molecule has 0 aliphatic heterocycles. The summed E-state index contributed by atoms with van der Waals surface area (Å²) in [5.74, 6) is -0.849. The molecule has 0 heterocycles. The van der Waals surface area contributed by atoms with Crippen LogP contribution in [0.25, 0.3) is 0 Å². The summed E-state index contributed by atoms with van der Waals surface area (Å²) in [6.45, 7) is 3.93. The minimum atomic E-state index is -4.35. The Kier molecular flexibility index (Phi) is 15.8. The molecule has 1 atom stereocenters. The second-order valence-electron chi connectivity index (χ2n) is 5.05. The monoisotopic (exact) mass is 332 g/mol. The van der Waals surface area contributed by atoms with Crippen molar-refractivity contribution in [3.63, 3.8) is 0 Å². The molecule has 0 radical (unpaired) electrons. The third kappa shape index (κ3) is 12.6. The van der Waals surface area contributed by atoms with Gasteiger partial charge in [-0.05, 0) is 12.8 Å². The van der Waals surface area contributed by atoms with Gasteiger partial charge in [0, 0.05) is 0 Å². The average molecular weight is 332 g/mol. The van der Waals surface area contributed by atoms with Crippen molar-refractivity contribution >= 4 is 45.6 Å². The van der Waals surface area contributed by atoms with E-state index in [1.54, 1.807) is 0 Å². The molecule has 0 rings (SSSR count). The first kappa shape index (κ1) is 23.6. The second kappa shape index (κ2) is 14.0. The molecule has 0 saturated carbocycles. The fourth-order valence-electron chi connectivity index (χ4n) is 2.00. The fourth-order valence-corrected chi connectivity index (χ4v) is 2.73. The predicted molar refractivity (Wildman–Crippen MR) is 86.3 cm³/mol. The van der Waals surface area contributed by atoms with Gasteiger partial charge in [0.1, 0.15) is 0 Å². The van der Waals surface area contributed by atoms with Crippen molar-refractivity contribution < 1.29 is 22.5 Å². The first-order valence-corrected chi connectivity index (χ1v) is 9.06. The molecule has 0 saturated heterocycles. The molecule has 0 spiro atoms. The molecule has 0 aliphatic rings. The van der Waals surface area contributed by atoms with Crippen LogP contribution in [0.5, 0.6) is 0 Å². The van der Waals surface area contributed by atoms with Crippen LogP contribution >= 0.6 is 0 Å². The molecule has 5 nitrogen and oxygen atoms in total. The van der Waals surface area contributed by atoms with E-state index in [0.29, 0.717) is 0 Å². The van der Waals surface area contributed by atoms with Gasteiger partial charge >= 0.3 is 35.5 Å². The van der Waals surface area contributed by atoms with Crippen molar-refractivity contribution in [1.82, 2.24) is 0 Å². The minimum absolute atomic E-state index is 0. The Balaban J connectivity index is 0. The molecule has 1 N–H and O–H groups in total. The van der Waals surface area contributed by atoms with E-state index in [1.807, 2.05) is 0 Å². The summed E-state index contributed by atoms with van der Waals surface area (Å²) in [6.07, 6.45) is 9.08. The van der Waals surface area contributed by atoms with Gasteiger partial charge in [-0.2, -0.15) is 8.42 Å². The summed E-state index contributed by atoms with van der Waals surface area (Å²) < 4.78 is 35.6. The molecule has 0 aromatic heterocycles. The van der Waals surface area contributed by atoms with Crippen LogP contribution in [0.1, 0.15) is 71.6 Å². The van der Waals surface area contributed by atoms with Crippen LogP contribution in [0.2, 0.25) is 0 Å². The molecule has 0 fully saturated rings. The number of carbonyl (C=O) groups is 1. The summed E-state index contributed by atoms with van der Waals surface area (Å²) in [4.78, 5) is 11.5. The standard InChI is InChI=1S/C14H28O5S.Na.H/c1-3-5-6-7-8-9-10-11-12-19-14(15)13(4-2)20(16,17)18;;/h13H,3-12H2,1-2H3,(H,16,17,18);;. The Morgan fingerprint density at radius 2 is 1.48 bits per heavy atom. The van der Waals surface area contributed by atoms with Crippen LogP contribution < -0.4 is 0 Å². The van der Waals surface area contributed by atoms with E-state index in [9.17, 15) is 13.2 Å². The summed E-state index contributed by atoms with van der Waals surface area (Å²) in [6, 6.07) is 0. The van der Waals surface area contributed by atoms with Crippen LogP contribution in [0, 0.1) is 0 Å². The van der Waals surface area contributed by atoms with Gasteiger partial charge in [0.2, 0.25) is 0 Å². The molecule has 0 amide bonds. The van der Waals surface area contributed by atoms with Crippen LogP contribution in [0.4, 0.5) is 0 Å². The first-order valence-electron chi connectivity index (χ1n) is 7.56. The van der Waals surface area contributed by atoms with Crippen molar-refractivity contribution in [2.24, 2.45) is 0 Å². The molecule has 0 aromatic rings. The Bertz CT molecular complexity index is 356. The van der Waals surface area contributed by atoms with E-state index in [1.165, 1.54) is 39.0 Å². The molecule has 1 unspecified atom stereocenters. The molecule has 0 aromatic carbocycles. The Labute approximate surface area is 151 Å². The maximum absolute atomic E-state index is 11.5. The normalized spacial score (nSPS) is 12.5. The number of carbonyl (C=O) groups excluding carboxylic acids is 1. The summed E-state index contributed by atoms with van der Waals surface area (Å²) in [5.41, 5.74) is 0. The second-order valence-corrected chi connectivity index (χ2v) is 6.65. The Morgan fingerprint density at radius 1 is 1.00 bits per heavy atom. The molecule has 122 valence electrons. The van der Waals surface area contributed by atoms with Gasteiger partial charge in [0.05, 0.1) is 6.61 Å². The number of hydrogen-bond donors (Lipinski definition) is 1. The van der Waals surface area contributed by atoms with Crippen LogP contribution in [0.15, 0.2) is 0 Å². The van der Waals surface area contributed by atoms with E-state index in [0.717, 1.165) is 19.3 Å². The van der Waals surface area contributed by atoms with Gasteiger partial charge in [-0.3, -0.25) is 9.35 Å². The van der Waals surface area contributed by atoms with Crippen molar-refractivity contribution in [2.75, 3.05) is 6.61 Å². The predicted octanol–water partition coefficient (Wildman–Crippen LogP) is 2.69. The Morgan fingerprint density at radius 3 is 1.90 bits per heavy atom. The number of unbranched alkanes of at least 4 members (excludes halogenated alkanes) is 7.